The van der Waals surface area contributed by atoms with Gasteiger partial charge in [0, 0.05) is 34.1 Å². The first kappa shape index (κ1) is 18.4. The maximum atomic E-state index is 12.3. The van der Waals surface area contributed by atoms with Crippen LogP contribution in [-0.4, -0.2) is 21.9 Å². The predicted molar refractivity (Wildman–Crippen MR) is 112 cm³/mol. The van der Waals surface area contributed by atoms with Crippen LogP contribution in [0, 0.1) is 0 Å². The van der Waals surface area contributed by atoms with Crippen molar-refractivity contribution in [1.29, 1.82) is 0 Å². The van der Waals surface area contributed by atoms with E-state index < -0.39 is 0 Å². The summed E-state index contributed by atoms with van der Waals surface area (Å²) >= 11 is 5.95. The molecule has 1 fully saturated rings. The minimum absolute atomic E-state index is 0.0144. The maximum Gasteiger partial charge on any atom is 0.251 e. The van der Waals surface area contributed by atoms with Crippen molar-refractivity contribution in [3.63, 3.8) is 0 Å². The second-order valence-electron chi connectivity index (χ2n) is 6.93. The summed E-state index contributed by atoms with van der Waals surface area (Å²) in [6.07, 6.45) is 6.26. The Morgan fingerprint density at radius 1 is 0.964 bits per heavy atom. The number of nitrogens with zero attached hydrogens (tertiary/aromatic N) is 2. The molecule has 2 aromatic carbocycles. The van der Waals surface area contributed by atoms with Crippen LogP contribution in [0.2, 0.25) is 5.02 Å². The quantitative estimate of drug-likeness (QED) is 0.625. The lowest BCUT2D eigenvalue weighted by atomic mass is 10.1. The van der Waals surface area contributed by atoms with Crippen molar-refractivity contribution >= 4 is 29.1 Å². The zero-order valence-corrected chi connectivity index (χ0v) is 16.1. The second-order valence-corrected chi connectivity index (χ2v) is 7.37. The predicted octanol–water partition coefficient (Wildman–Crippen LogP) is 5.21. The summed E-state index contributed by atoms with van der Waals surface area (Å²) in [5.41, 5.74) is 3.26. The van der Waals surface area contributed by atoms with Crippen LogP contribution in [0.15, 0.2) is 60.8 Å². The molecule has 1 heterocycles. The average Bonchev–Trinajstić information content (AvgIpc) is 3.22. The van der Waals surface area contributed by atoms with Crippen LogP contribution in [0.25, 0.3) is 11.3 Å². The molecule has 1 saturated carbocycles. The van der Waals surface area contributed by atoms with Gasteiger partial charge in [-0.15, -0.1) is 0 Å². The van der Waals surface area contributed by atoms with Gasteiger partial charge in [0.25, 0.3) is 5.91 Å². The molecule has 0 aliphatic heterocycles. The Balaban J connectivity index is 1.43. The van der Waals surface area contributed by atoms with Gasteiger partial charge in [0.05, 0.1) is 5.69 Å². The van der Waals surface area contributed by atoms with Gasteiger partial charge >= 0.3 is 0 Å². The first-order chi connectivity index (χ1) is 13.7. The molecule has 1 aromatic heterocycles. The summed E-state index contributed by atoms with van der Waals surface area (Å²) in [7, 11) is 0. The van der Waals surface area contributed by atoms with E-state index in [1.54, 1.807) is 6.20 Å². The van der Waals surface area contributed by atoms with Crippen molar-refractivity contribution in [3.8, 4) is 11.3 Å². The maximum absolute atomic E-state index is 12.3. The van der Waals surface area contributed by atoms with Gasteiger partial charge in [0.2, 0.25) is 5.95 Å². The largest absolute Gasteiger partial charge is 0.349 e. The van der Waals surface area contributed by atoms with Crippen molar-refractivity contribution in [2.45, 2.75) is 31.7 Å². The SMILES string of the molecule is O=C(NC1CCCC1)c1ccc(Nc2nccc(-c3ccc(Cl)cc3)n2)cc1. The van der Waals surface area contributed by atoms with Gasteiger partial charge in [-0.3, -0.25) is 4.79 Å². The zero-order chi connectivity index (χ0) is 19.3. The molecule has 0 spiro atoms. The van der Waals surface area contributed by atoms with Gasteiger partial charge < -0.3 is 10.6 Å². The molecule has 0 saturated heterocycles. The summed E-state index contributed by atoms with van der Waals surface area (Å²) in [5.74, 6) is 0.482. The van der Waals surface area contributed by atoms with Crippen LogP contribution in [0.1, 0.15) is 36.0 Å². The lowest BCUT2D eigenvalue weighted by Gasteiger charge is -2.12. The molecule has 4 rings (SSSR count). The molecule has 0 bridgehead atoms. The Hall–Kier alpha value is -2.92. The van der Waals surface area contributed by atoms with E-state index in [0.29, 0.717) is 22.6 Å². The molecule has 28 heavy (non-hydrogen) atoms. The van der Waals surface area contributed by atoms with Crippen molar-refractivity contribution in [2.75, 3.05) is 5.32 Å². The van der Waals surface area contributed by atoms with E-state index in [1.807, 2.05) is 54.6 Å². The lowest BCUT2D eigenvalue weighted by Crippen LogP contribution is -2.32. The minimum atomic E-state index is -0.0144. The van der Waals surface area contributed by atoms with Gasteiger partial charge in [-0.2, -0.15) is 0 Å². The van der Waals surface area contributed by atoms with Crippen LogP contribution in [-0.2, 0) is 0 Å². The van der Waals surface area contributed by atoms with Crippen LogP contribution < -0.4 is 10.6 Å². The number of halogens is 1. The Morgan fingerprint density at radius 2 is 1.68 bits per heavy atom. The number of nitrogens with one attached hydrogen (secondary N) is 2. The van der Waals surface area contributed by atoms with Crippen molar-refractivity contribution in [3.05, 3.63) is 71.4 Å². The topological polar surface area (TPSA) is 66.9 Å². The number of carbonyl (C=O) groups is 1. The van der Waals surface area contributed by atoms with E-state index in [4.69, 9.17) is 11.6 Å². The van der Waals surface area contributed by atoms with Crippen LogP contribution in [0.4, 0.5) is 11.6 Å². The normalized spacial score (nSPS) is 14.0. The van der Waals surface area contributed by atoms with E-state index in [9.17, 15) is 4.79 Å². The van der Waals surface area contributed by atoms with Crippen LogP contribution >= 0.6 is 11.6 Å². The number of anilines is 2. The van der Waals surface area contributed by atoms with Gasteiger partial charge in [-0.05, 0) is 55.3 Å². The molecule has 0 atom stereocenters. The van der Waals surface area contributed by atoms with Crippen LogP contribution in [0.3, 0.4) is 0 Å². The highest BCUT2D eigenvalue weighted by Gasteiger charge is 2.17. The van der Waals surface area contributed by atoms with Crippen molar-refractivity contribution in [1.82, 2.24) is 15.3 Å². The Labute approximate surface area is 169 Å². The fraction of sp³-hybridized carbons (Fsp3) is 0.227. The molecule has 0 unspecified atom stereocenters. The van der Waals surface area contributed by atoms with E-state index in [0.717, 1.165) is 29.8 Å². The van der Waals surface area contributed by atoms with E-state index in [-0.39, 0.29) is 5.91 Å². The number of aromatic nitrogens is 2. The van der Waals surface area contributed by atoms with Crippen molar-refractivity contribution < 1.29 is 4.79 Å². The summed E-state index contributed by atoms with van der Waals surface area (Å²) in [5, 5.41) is 6.97. The number of amides is 1. The Kier molecular flexibility index (Phi) is 5.53. The lowest BCUT2D eigenvalue weighted by molar-refractivity contribution is 0.0938. The molecule has 3 aromatic rings. The molecule has 1 aliphatic rings. The van der Waals surface area contributed by atoms with E-state index in [1.165, 1.54) is 12.8 Å². The molecule has 1 aliphatic carbocycles. The highest BCUT2D eigenvalue weighted by atomic mass is 35.5. The molecular formula is C22H21ClN4O. The monoisotopic (exact) mass is 392 g/mol. The fourth-order valence-electron chi connectivity index (χ4n) is 3.37. The molecule has 2 N–H and O–H groups in total. The summed E-state index contributed by atoms with van der Waals surface area (Å²) in [6, 6.07) is 17.0. The second kappa shape index (κ2) is 8.40. The van der Waals surface area contributed by atoms with Gasteiger partial charge in [-0.1, -0.05) is 36.6 Å². The summed E-state index contributed by atoms with van der Waals surface area (Å²) in [6.45, 7) is 0. The molecule has 1 amide bonds. The van der Waals surface area contributed by atoms with Gasteiger partial charge in [0.15, 0.2) is 0 Å². The van der Waals surface area contributed by atoms with E-state index >= 15 is 0 Å². The molecule has 142 valence electrons. The third kappa shape index (κ3) is 4.49. The van der Waals surface area contributed by atoms with Gasteiger partial charge in [-0.25, -0.2) is 9.97 Å². The number of benzene rings is 2. The molecule has 0 radical (unpaired) electrons. The number of hydrogen-bond donors (Lipinski definition) is 2. The number of rotatable bonds is 5. The first-order valence-corrected chi connectivity index (χ1v) is 9.82. The third-order valence-corrected chi connectivity index (χ3v) is 5.14. The zero-order valence-electron chi connectivity index (χ0n) is 15.4. The third-order valence-electron chi connectivity index (χ3n) is 4.89. The first-order valence-electron chi connectivity index (χ1n) is 9.44. The molecule has 6 heteroatoms. The summed E-state index contributed by atoms with van der Waals surface area (Å²) < 4.78 is 0. The smallest absolute Gasteiger partial charge is 0.251 e. The molecular weight excluding hydrogens is 372 g/mol. The number of carbonyl (C=O) groups excluding carboxylic acids is 1. The number of hydrogen-bond acceptors (Lipinski definition) is 4. The highest BCUT2D eigenvalue weighted by Crippen LogP contribution is 2.22. The minimum Gasteiger partial charge on any atom is -0.349 e. The fourth-order valence-corrected chi connectivity index (χ4v) is 3.50. The van der Waals surface area contributed by atoms with Crippen molar-refractivity contribution in [2.24, 2.45) is 0 Å². The molecule has 5 nitrogen and oxygen atoms in total. The Morgan fingerprint density at radius 3 is 2.39 bits per heavy atom. The Bertz CT molecular complexity index is 951. The highest BCUT2D eigenvalue weighted by molar-refractivity contribution is 6.30. The standard InChI is InChI=1S/C22H21ClN4O/c23-17-9-5-15(6-10-17)20-13-14-24-22(27-20)26-19-11-7-16(8-12-19)21(28)25-18-3-1-2-4-18/h5-14,18H,1-4H2,(H,25,28)(H,24,26,27). The van der Waals surface area contributed by atoms with Crippen LogP contribution in [0.5, 0.6) is 0 Å². The van der Waals surface area contributed by atoms with E-state index in [2.05, 4.69) is 20.6 Å². The average molecular weight is 393 g/mol. The van der Waals surface area contributed by atoms with Gasteiger partial charge in [0.1, 0.15) is 0 Å². The summed E-state index contributed by atoms with van der Waals surface area (Å²) in [4.78, 5) is 21.2.